The van der Waals surface area contributed by atoms with E-state index in [0.29, 0.717) is 13.2 Å². The van der Waals surface area contributed by atoms with Gasteiger partial charge in [0.1, 0.15) is 22.5 Å². The quantitative estimate of drug-likeness (QED) is 0.484. The molecule has 11 heteroatoms. The highest BCUT2D eigenvalue weighted by Gasteiger charge is 2.40. The van der Waals surface area contributed by atoms with E-state index in [2.05, 4.69) is 25.9 Å². The van der Waals surface area contributed by atoms with Crippen LogP contribution in [0.1, 0.15) is 0 Å². The Morgan fingerprint density at radius 1 is 1.36 bits per heavy atom. The molecular formula is C14H12BrClFN3O4S. The molecule has 2 aliphatic heterocycles. The molecule has 2 unspecified atom stereocenters. The van der Waals surface area contributed by atoms with Crippen LogP contribution in [0.15, 0.2) is 9.63 Å². The summed E-state index contributed by atoms with van der Waals surface area (Å²) in [6.45, 7) is 0.707. The number of fused-ring (bicyclic) bond motifs is 1. The van der Waals surface area contributed by atoms with E-state index in [9.17, 15) is 12.8 Å². The summed E-state index contributed by atoms with van der Waals surface area (Å²) in [5.41, 5.74) is -0.163. The number of sulfone groups is 1. The van der Waals surface area contributed by atoms with E-state index < -0.39 is 20.8 Å². The molecule has 3 heterocycles. The van der Waals surface area contributed by atoms with E-state index in [1.165, 1.54) is 0 Å². The molecule has 25 heavy (non-hydrogen) atoms. The largest absolute Gasteiger partial charge is 0.483 e. The highest BCUT2D eigenvalue weighted by Crippen LogP contribution is 2.47. The van der Waals surface area contributed by atoms with Crippen LogP contribution >= 0.6 is 27.5 Å². The molecule has 0 bridgehead atoms. The fourth-order valence-corrected chi connectivity index (χ4v) is 4.14. The lowest BCUT2D eigenvalue weighted by molar-refractivity contribution is 0.142. The molecule has 1 aromatic heterocycles. The number of ether oxygens (including phenoxy) is 2. The highest BCUT2D eigenvalue weighted by molar-refractivity contribution is 9.10. The van der Waals surface area contributed by atoms with E-state index in [4.69, 9.17) is 21.1 Å². The standard InChI is InChI=1S/C14H12BrClFN3O4S/c1-20-5-3-23-4-6(5)24-12-7-11(10(17)8(15)9(12)16)18-14(19-13(7)20)25(2,21)22/h5-6H,3-4H2,1-2H3. The first-order valence-corrected chi connectivity index (χ1v) is 10.3. The molecule has 2 aromatic rings. The van der Waals surface area contributed by atoms with E-state index in [1.54, 1.807) is 11.9 Å². The number of aromatic nitrogens is 2. The lowest BCUT2D eigenvalue weighted by atomic mass is 10.2. The number of hydrogen-bond acceptors (Lipinski definition) is 7. The van der Waals surface area contributed by atoms with Crippen LogP contribution in [0.25, 0.3) is 10.9 Å². The molecule has 0 spiro atoms. The van der Waals surface area contributed by atoms with Gasteiger partial charge in [0.15, 0.2) is 11.6 Å². The average molecular weight is 453 g/mol. The third-order valence-electron chi connectivity index (χ3n) is 4.32. The summed E-state index contributed by atoms with van der Waals surface area (Å²) in [5.74, 6) is -0.311. The van der Waals surface area contributed by atoms with Crippen LogP contribution in [-0.4, -0.2) is 57.0 Å². The predicted octanol–water partition coefficient (Wildman–Crippen LogP) is 2.18. The SMILES string of the molecule is CN1c2nc(S(C)(=O)=O)nc3c(F)c(Br)c(Cl)c(c23)OC2COCC21. The molecule has 4 rings (SSSR count). The minimum atomic E-state index is -3.75. The van der Waals surface area contributed by atoms with Crippen molar-refractivity contribution in [2.45, 2.75) is 17.3 Å². The van der Waals surface area contributed by atoms with Crippen molar-refractivity contribution in [1.82, 2.24) is 9.97 Å². The minimum Gasteiger partial charge on any atom is -0.483 e. The molecule has 2 aliphatic rings. The van der Waals surface area contributed by atoms with Crippen molar-refractivity contribution >= 4 is 54.1 Å². The number of benzene rings is 1. The highest BCUT2D eigenvalue weighted by atomic mass is 79.9. The Kier molecular flexibility index (Phi) is 3.87. The Balaban J connectivity index is 2.16. The topological polar surface area (TPSA) is 81.6 Å². The summed E-state index contributed by atoms with van der Waals surface area (Å²) in [6.07, 6.45) is 0.623. The molecule has 0 aliphatic carbocycles. The normalized spacial score (nSPS) is 22.7. The van der Waals surface area contributed by atoms with Crippen molar-refractivity contribution in [3.63, 3.8) is 0 Å². The van der Waals surface area contributed by atoms with Crippen LogP contribution in [0.5, 0.6) is 5.75 Å². The van der Waals surface area contributed by atoms with Gasteiger partial charge in [-0.1, -0.05) is 11.6 Å². The number of likely N-dealkylation sites (N-methyl/N-ethyl adjacent to an activating group) is 1. The maximum atomic E-state index is 14.8. The Morgan fingerprint density at radius 3 is 2.76 bits per heavy atom. The van der Waals surface area contributed by atoms with Crippen LogP contribution in [0.2, 0.25) is 5.02 Å². The fourth-order valence-electron chi connectivity index (χ4n) is 3.04. The first-order chi connectivity index (χ1) is 11.7. The molecule has 2 atom stereocenters. The van der Waals surface area contributed by atoms with E-state index in [0.717, 1.165) is 6.26 Å². The Labute approximate surface area is 156 Å². The molecule has 0 N–H and O–H groups in total. The zero-order valence-electron chi connectivity index (χ0n) is 13.1. The third-order valence-corrected chi connectivity index (χ3v) is 6.50. The molecule has 1 aromatic carbocycles. The van der Waals surface area contributed by atoms with E-state index in [1.807, 2.05) is 0 Å². The van der Waals surface area contributed by atoms with Gasteiger partial charge in [-0.2, -0.15) is 0 Å². The number of nitrogens with zero attached hydrogens (tertiary/aromatic N) is 3. The third kappa shape index (κ3) is 2.49. The second-order valence-electron chi connectivity index (χ2n) is 5.97. The van der Waals surface area contributed by atoms with Gasteiger partial charge in [0.05, 0.1) is 29.1 Å². The summed E-state index contributed by atoms with van der Waals surface area (Å²) < 4.78 is 50.1. The van der Waals surface area contributed by atoms with Gasteiger partial charge in [0, 0.05) is 13.3 Å². The summed E-state index contributed by atoms with van der Waals surface area (Å²) in [7, 11) is -2.02. The van der Waals surface area contributed by atoms with Crippen molar-refractivity contribution in [2.24, 2.45) is 0 Å². The molecule has 1 saturated heterocycles. The fraction of sp³-hybridized carbons (Fsp3) is 0.429. The molecule has 0 saturated carbocycles. The summed E-state index contributed by atoms with van der Waals surface area (Å²) >= 11 is 9.37. The Hall–Kier alpha value is -1.23. The Morgan fingerprint density at radius 2 is 2.08 bits per heavy atom. The van der Waals surface area contributed by atoms with Crippen molar-refractivity contribution in [1.29, 1.82) is 0 Å². The lowest BCUT2D eigenvalue weighted by Crippen LogP contribution is -2.42. The van der Waals surface area contributed by atoms with Crippen LogP contribution in [-0.2, 0) is 14.6 Å². The summed E-state index contributed by atoms with van der Waals surface area (Å²) in [4.78, 5) is 9.82. The maximum absolute atomic E-state index is 14.8. The van der Waals surface area contributed by atoms with Crippen LogP contribution < -0.4 is 9.64 Å². The zero-order valence-corrected chi connectivity index (χ0v) is 16.2. The van der Waals surface area contributed by atoms with Crippen molar-refractivity contribution in [3.8, 4) is 5.75 Å². The van der Waals surface area contributed by atoms with Gasteiger partial charge >= 0.3 is 0 Å². The maximum Gasteiger partial charge on any atom is 0.249 e. The molecule has 7 nitrogen and oxygen atoms in total. The number of anilines is 1. The van der Waals surface area contributed by atoms with Crippen molar-refractivity contribution < 1.29 is 22.3 Å². The summed E-state index contributed by atoms with van der Waals surface area (Å²) in [6, 6.07) is -0.212. The smallest absolute Gasteiger partial charge is 0.249 e. The van der Waals surface area contributed by atoms with Crippen LogP contribution in [0, 0.1) is 5.82 Å². The molecular weight excluding hydrogens is 441 g/mol. The average Bonchev–Trinajstić information content (AvgIpc) is 2.98. The van der Waals surface area contributed by atoms with Gasteiger partial charge in [0.25, 0.3) is 0 Å². The molecule has 0 radical (unpaired) electrons. The van der Waals surface area contributed by atoms with E-state index >= 15 is 0 Å². The Bertz CT molecular complexity index is 1020. The predicted molar refractivity (Wildman–Crippen MR) is 92.7 cm³/mol. The van der Waals surface area contributed by atoms with Gasteiger partial charge in [0.2, 0.25) is 15.0 Å². The van der Waals surface area contributed by atoms with Gasteiger partial charge < -0.3 is 14.4 Å². The van der Waals surface area contributed by atoms with Crippen molar-refractivity contribution in [2.75, 3.05) is 31.4 Å². The van der Waals surface area contributed by atoms with Gasteiger partial charge in [-0.3, -0.25) is 0 Å². The summed E-state index contributed by atoms with van der Waals surface area (Å²) in [5, 5.41) is -0.170. The zero-order chi connectivity index (χ0) is 18.1. The van der Waals surface area contributed by atoms with Gasteiger partial charge in [-0.15, -0.1) is 0 Å². The number of hydrogen-bond donors (Lipinski definition) is 0. The molecule has 1 fully saturated rings. The second-order valence-corrected chi connectivity index (χ2v) is 9.05. The first-order valence-electron chi connectivity index (χ1n) is 7.25. The minimum absolute atomic E-state index is 0.0409. The monoisotopic (exact) mass is 451 g/mol. The first kappa shape index (κ1) is 17.2. The van der Waals surface area contributed by atoms with Crippen molar-refractivity contribution in [3.05, 3.63) is 15.3 Å². The molecule has 134 valence electrons. The van der Waals surface area contributed by atoms with Gasteiger partial charge in [-0.05, 0) is 15.9 Å². The van der Waals surface area contributed by atoms with Crippen LogP contribution in [0.4, 0.5) is 10.2 Å². The van der Waals surface area contributed by atoms with Gasteiger partial charge in [-0.25, -0.2) is 22.8 Å². The number of rotatable bonds is 1. The lowest BCUT2D eigenvalue weighted by Gasteiger charge is -2.26. The van der Waals surface area contributed by atoms with Crippen LogP contribution in [0.3, 0.4) is 0 Å². The number of halogens is 3. The molecule has 0 amide bonds. The van der Waals surface area contributed by atoms with E-state index in [-0.39, 0.29) is 44.1 Å². The second kappa shape index (κ2) is 5.63.